The molecule has 84 valence electrons. The number of rotatable bonds is 3. The van der Waals surface area contributed by atoms with Crippen molar-refractivity contribution < 1.29 is 0 Å². The molecule has 1 N–H and O–H groups in total. The van der Waals surface area contributed by atoms with E-state index in [4.69, 9.17) is 5.26 Å². The van der Waals surface area contributed by atoms with Crippen molar-refractivity contribution in [3.63, 3.8) is 0 Å². The van der Waals surface area contributed by atoms with Crippen LogP contribution in [-0.2, 0) is 0 Å². The predicted molar refractivity (Wildman–Crippen MR) is 61.7 cm³/mol. The monoisotopic (exact) mass is 216 g/mol. The average Bonchev–Trinajstić information content (AvgIpc) is 2.72. The molecule has 2 rings (SSSR count). The van der Waals surface area contributed by atoms with Gasteiger partial charge in [-0.2, -0.15) is 10.4 Å². The summed E-state index contributed by atoms with van der Waals surface area (Å²) in [6.07, 6.45) is 5.45. The highest BCUT2D eigenvalue weighted by Gasteiger charge is 2.23. The number of anilines is 1. The normalized spacial score (nSPS) is 24.0. The molecule has 0 spiro atoms. The fourth-order valence-electron chi connectivity index (χ4n) is 2.31. The van der Waals surface area contributed by atoms with Gasteiger partial charge in [0.1, 0.15) is 6.07 Å². The quantitative estimate of drug-likeness (QED) is 0.841. The smallest absolute Gasteiger partial charge is 0.166 e. The van der Waals surface area contributed by atoms with E-state index in [1.807, 2.05) is 0 Å². The van der Waals surface area contributed by atoms with Crippen LogP contribution in [0, 0.1) is 23.2 Å². The van der Waals surface area contributed by atoms with Crippen LogP contribution in [0.15, 0.2) is 12.3 Å². The topological polar surface area (TPSA) is 61.6 Å². The van der Waals surface area contributed by atoms with E-state index in [2.05, 4.69) is 28.5 Å². The lowest BCUT2D eigenvalue weighted by Crippen LogP contribution is -2.17. The van der Waals surface area contributed by atoms with E-state index in [9.17, 15) is 0 Å². The molecule has 0 amide bonds. The van der Waals surface area contributed by atoms with E-state index < -0.39 is 0 Å². The standard InChI is InChI=1S/C12H16N4/c1-9-3-2-4-11(9)8-14-12-10(7-13)5-6-15-16-12/h5-6,9,11H,2-4,8H2,1H3,(H,14,16). The number of nitrogens with zero attached hydrogens (tertiary/aromatic N) is 3. The molecular formula is C12H16N4. The van der Waals surface area contributed by atoms with Crippen molar-refractivity contribution >= 4 is 5.82 Å². The lowest BCUT2D eigenvalue weighted by molar-refractivity contribution is 0.439. The molecule has 0 aliphatic heterocycles. The van der Waals surface area contributed by atoms with Crippen LogP contribution in [-0.4, -0.2) is 16.7 Å². The number of aromatic nitrogens is 2. The van der Waals surface area contributed by atoms with E-state index in [0.29, 0.717) is 17.3 Å². The second-order valence-electron chi connectivity index (χ2n) is 4.45. The molecule has 0 radical (unpaired) electrons. The molecule has 1 fully saturated rings. The van der Waals surface area contributed by atoms with Gasteiger partial charge in [-0.25, -0.2) is 0 Å². The molecule has 2 unspecified atom stereocenters. The van der Waals surface area contributed by atoms with Gasteiger partial charge < -0.3 is 5.32 Å². The third-order valence-electron chi connectivity index (χ3n) is 3.41. The summed E-state index contributed by atoms with van der Waals surface area (Å²) in [4.78, 5) is 0. The van der Waals surface area contributed by atoms with Crippen LogP contribution in [0.5, 0.6) is 0 Å². The lowest BCUT2D eigenvalue weighted by Gasteiger charge is -2.16. The summed E-state index contributed by atoms with van der Waals surface area (Å²) < 4.78 is 0. The minimum Gasteiger partial charge on any atom is -0.367 e. The maximum absolute atomic E-state index is 8.90. The number of nitrogens with one attached hydrogen (secondary N) is 1. The highest BCUT2D eigenvalue weighted by molar-refractivity contribution is 5.50. The summed E-state index contributed by atoms with van der Waals surface area (Å²) in [6, 6.07) is 3.81. The van der Waals surface area contributed by atoms with Gasteiger partial charge in [-0.3, -0.25) is 0 Å². The first-order chi connectivity index (χ1) is 7.81. The SMILES string of the molecule is CC1CCCC1CNc1nnccc1C#N. The minimum atomic E-state index is 0.570. The van der Waals surface area contributed by atoms with Crippen molar-refractivity contribution in [2.75, 3.05) is 11.9 Å². The van der Waals surface area contributed by atoms with Crippen LogP contribution in [0.4, 0.5) is 5.82 Å². The van der Waals surface area contributed by atoms with E-state index in [-0.39, 0.29) is 0 Å². The maximum Gasteiger partial charge on any atom is 0.166 e. The zero-order valence-corrected chi connectivity index (χ0v) is 9.48. The van der Waals surface area contributed by atoms with E-state index in [1.54, 1.807) is 12.3 Å². The van der Waals surface area contributed by atoms with E-state index in [0.717, 1.165) is 12.5 Å². The second kappa shape index (κ2) is 4.93. The van der Waals surface area contributed by atoms with E-state index in [1.165, 1.54) is 19.3 Å². The summed E-state index contributed by atoms with van der Waals surface area (Å²) >= 11 is 0. The molecule has 1 aliphatic carbocycles. The minimum absolute atomic E-state index is 0.570. The summed E-state index contributed by atoms with van der Waals surface area (Å²) in [6.45, 7) is 3.19. The van der Waals surface area contributed by atoms with Gasteiger partial charge in [0.15, 0.2) is 5.82 Å². The molecule has 1 aromatic heterocycles. The summed E-state index contributed by atoms with van der Waals surface area (Å²) in [5, 5.41) is 19.9. The van der Waals surface area contributed by atoms with Crippen LogP contribution in [0.3, 0.4) is 0 Å². The first-order valence-electron chi connectivity index (χ1n) is 5.77. The van der Waals surface area contributed by atoms with Crippen LogP contribution < -0.4 is 5.32 Å². The molecule has 0 aromatic carbocycles. The predicted octanol–water partition coefficient (Wildman–Crippen LogP) is 2.20. The molecule has 16 heavy (non-hydrogen) atoms. The Labute approximate surface area is 95.7 Å². The van der Waals surface area contributed by atoms with Gasteiger partial charge >= 0.3 is 0 Å². The molecular weight excluding hydrogens is 200 g/mol. The molecule has 1 saturated carbocycles. The van der Waals surface area contributed by atoms with Crippen molar-refractivity contribution in [3.8, 4) is 6.07 Å². The first kappa shape index (κ1) is 10.9. The molecule has 4 heteroatoms. The molecule has 0 bridgehead atoms. The van der Waals surface area contributed by atoms with Crippen LogP contribution >= 0.6 is 0 Å². The largest absolute Gasteiger partial charge is 0.367 e. The van der Waals surface area contributed by atoms with Crippen molar-refractivity contribution in [1.82, 2.24) is 10.2 Å². The van der Waals surface area contributed by atoms with Gasteiger partial charge in [-0.1, -0.05) is 19.8 Å². The average molecular weight is 216 g/mol. The summed E-state index contributed by atoms with van der Waals surface area (Å²) in [5.41, 5.74) is 0.570. The Hall–Kier alpha value is -1.63. The Bertz CT molecular complexity index is 396. The van der Waals surface area contributed by atoms with Crippen LogP contribution in [0.25, 0.3) is 0 Å². The van der Waals surface area contributed by atoms with Crippen molar-refractivity contribution in [2.45, 2.75) is 26.2 Å². The van der Waals surface area contributed by atoms with Crippen LogP contribution in [0.1, 0.15) is 31.7 Å². The summed E-state index contributed by atoms with van der Waals surface area (Å²) in [7, 11) is 0. The molecule has 2 atom stereocenters. The third-order valence-corrected chi connectivity index (χ3v) is 3.41. The van der Waals surface area contributed by atoms with Crippen molar-refractivity contribution in [1.29, 1.82) is 5.26 Å². The van der Waals surface area contributed by atoms with Crippen molar-refractivity contribution in [3.05, 3.63) is 17.8 Å². The van der Waals surface area contributed by atoms with Gasteiger partial charge in [0.25, 0.3) is 0 Å². The molecule has 0 saturated heterocycles. The highest BCUT2D eigenvalue weighted by atomic mass is 15.2. The van der Waals surface area contributed by atoms with Gasteiger partial charge in [0.2, 0.25) is 0 Å². The Morgan fingerprint density at radius 1 is 1.56 bits per heavy atom. The fraction of sp³-hybridized carbons (Fsp3) is 0.583. The zero-order chi connectivity index (χ0) is 11.4. The van der Waals surface area contributed by atoms with Gasteiger partial charge in [0, 0.05) is 6.54 Å². The lowest BCUT2D eigenvalue weighted by atomic mass is 9.98. The Balaban J connectivity index is 1.97. The highest BCUT2D eigenvalue weighted by Crippen LogP contribution is 2.31. The molecule has 1 aromatic rings. The van der Waals surface area contributed by atoms with Crippen molar-refractivity contribution in [2.24, 2.45) is 11.8 Å². The van der Waals surface area contributed by atoms with Gasteiger partial charge in [-0.05, 0) is 24.3 Å². The Kier molecular flexibility index (Phi) is 3.35. The van der Waals surface area contributed by atoms with E-state index >= 15 is 0 Å². The molecule has 4 nitrogen and oxygen atoms in total. The van der Waals surface area contributed by atoms with Gasteiger partial charge in [-0.15, -0.1) is 5.10 Å². The Morgan fingerprint density at radius 3 is 3.12 bits per heavy atom. The zero-order valence-electron chi connectivity index (χ0n) is 9.48. The Morgan fingerprint density at radius 2 is 2.44 bits per heavy atom. The van der Waals surface area contributed by atoms with Crippen LogP contribution in [0.2, 0.25) is 0 Å². The maximum atomic E-state index is 8.90. The fourth-order valence-corrected chi connectivity index (χ4v) is 2.31. The third kappa shape index (κ3) is 2.30. The number of hydrogen-bond acceptors (Lipinski definition) is 4. The second-order valence-corrected chi connectivity index (χ2v) is 4.45. The molecule has 1 aliphatic rings. The molecule has 1 heterocycles. The summed E-state index contributed by atoms with van der Waals surface area (Å²) in [5.74, 6) is 2.09. The van der Waals surface area contributed by atoms with Gasteiger partial charge in [0.05, 0.1) is 11.8 Å². The first-order valence-corrected chi connectivity index (χ1v) is 5.77. The number of nitriles is 1. The number of hydrogen-bond donors (Lipinski definition) is 1.